The zero-order valence-corrected chi connectivity index (χ0v) is 20.2. The highest BCUT2D eigenvalue weighted by Gasteiger charge is 2.29. The number of aldehydes is 1. The summed E-state index contributed by atoms with van der Waals surface area (Å²) in [5.41, 5.74) is 5.35. The maximum absolute atomic E-state index is 13.5. The number of hydrogen-bond donors (Lipinski definition) is 2. The number of nitrogens with zero attached hydrogens (tertiary/aromatic N) is 2. The van der Waals surface area contributed by atoms with Gasteiger partial charge in [0.1, 0.15) is 11.9 Å². The van der Waals surface area contributed by atoms with Crippen molar-refractivity contribution >= 4 is 17.2 Å². The second-order valence-electron chi connectivity index (χ2n) is 8.76. The Bertz CT molecular complexity index is 1500. The first-order valence-electron chi connectivity index (χ1n) is 11.7. The molecule has 2 aromatic carbocycles. The molecule has 1 aliphatic rings. The van der Waals surface area contributed by atoms with E-state index in [1.807, 2.05) is 36.4 Å². The van der Waals surface area contributed by atoms with Crippen molar-refractivity contribution in [1.29, 1.82) is 0 Å². The third kappa shape index (κ3) is 4.19. The van der Waals surface area contributed by atoms with Crippen LogP contribution in [0.3, 0.4) is 0 Å². The molecule has 0 fully saturated rings. The third-order valence-corrected chi connectivity index (χ3v) is 6.61. The standard InChI is InChI=1S/C28H27N3O5/c1-35-16-23-20(26(33)15-32)11-25-27-22(14-31(25)28(23)34)21(13-29-12-17-6-4-3-5-7-17)19-10-18(36-2)8-9-24(19)30-27/h3-11,15,26,29,33H,12-14,16H2,1-2H3. The molecule has 4 aromatic rings. The summed E-state index contributed by atoms with van der Waals surface area (Å²) in [6.45, 7) is 1.57. The lowest BCUT2D eigenvalue weighted by Gasteiger charge is -2.14. The molecule has 0 saturated heterocycles. The van der Waals surface area contributed by atoms with E-state index in [1.54, 1.807) is 17.7 Å². The molecule has 1 atom stereocenters. The molecule has 1 aliphatic heterocycles. The van der Waals surface area contributed by atoms with E-state index in [-0.39, 0.29) is 23.3 Å². The van der Waals surface area contributed by atoms with Crippen molar-refractivity contribution in [1.82, 2.24) is 14.9 Å². The second kappa shape index (κ2) is 10.0. The quantitative estimate of drug-likeness (QED) is 0.309. The Morgan fingerprint density at radius 1 is 1.11 bits per heavy atom. The molecule has 1 unspecified atom stereocenters. The summed E-state index contributed by atoms with van der Waals surface area (Å²) in [5, 5.41) is 14.8. The summed E-state index contributed by atoms with van der Waals surface area (Å²) >= 11 is 0. The fraction of sp³-hybridized carbons (Fsp3) is 0.250. The highest BCUT2D eigenvalue weighted by molar-refractivity contribution is 5.89. The Hall–Kier alpha value is -3.85. The fourth-order valence-corrected chi connectivity index (χ4v) is 4.83. The van der Waals surface area contributed by atoms with Gasteiger partial charge in [-0.2, -0.15) is 0 Å². The van der Waals surface area contributed by atoms with Crippen LogP contribution in [0.25, 0.3) is 22.3 Å². The third-order valence-electron chi connectivity index (χ3n) is 6.61. The van der Waals surface area contributed by atoms with Crippen molar-refractivity contribution in [2.24, 2.45) is 0 Å². The number of hydrogen-bond acceptors (Lipinski definition) is 7. The smallest absolute Gasteiger partial charge is 0.257 e. The molecule has 0 aliphatic carbocycles. The van der Waals surface area contributed by atoms with Crippen LogP contribution in [0.2, 0.25) is 0 Å². The molecular weight excluding hydrogens is 458 g/mol. The molecule has 2 N–H and O–H groups in total. The molecule has 8 heteroatoms. The minimum absolute atomic E-state index is 0.00617. The van der Waals surface area contributed by atoms with Crippen LogP contribution < -0.4 is 15.6 Å². The lowest BCUT2D eigenvalue weighted by Crippen LogP contribution is -2.26. The molecule has 0 radical (unpaired) electrons. The molecule has 36 heavy (non-hydrogen) atoms. The number of aliphatic hydroxyl groups excluding tert-OH is 1. The van der Waals surface area contributed by atoms with E-state index in [1.165, 1.54) is 12.7 Å². The predicted molar refractivity (Wildman–Crippen MR) is 136 cm³/mol. The van der Waals surface area contributed by atoms with Crippen LogP contribution in [0, 0.1) is 0 Å². The molecule has 3 heterocycles. The van der Waals surface area contributed by atoms with Gasteiger partial charge in [-0.3, -0.25) is 4.79 Å². The number of aliphatic hydroxyl groups is 1. The topological polar surface area (TPSA) is 103 Å². The summed E-state index contributed by atoms with van der Waals surface area (Å²) in [7, 11) is 3.10. The van der Waals surface area contributed by atoms with Gasteiger partial charge in [-0.25, -0.2) is 4.98 Å². The lowest BCUT2D eigenvalue weighted by atomic mass is 9.99. The number of benzene rings is 2. The van der Waals surface area contributed by atoms with Crippen LogP contribution in [-0.4, -0.2) is 35.2 Å². The van der Waals surface area contributed by atoms with Gasteiger partial charge in [0.15, 0.2) is 6.29 Å². The molecule has 2 aromatic heterocycles. The number of pyridine rings is 2. The minimum atomic E-state index is -1.42. The van der Waals surface area contributed by atoms with Gasteiger partial charge in [-0.15, -0.1) is 0 Å². The number of carbonyl (C=O) groups excluding carboxylic acids is 1. The van der Waals surface area contributed by atoms with Gasteiger partial charge < -0.3 is 29.3 Å². The Morgan fingerprint density at radius 3 is 2.64 bits per heavy atom. The summed E-state index contributed by atoms with van der Waals surface area (Å²) in [6.07, 6.45) is -1.01. The molecule has 0 saturated carbocycles. The fourth-order valence-electron chi connectivity index (χ4n) is 4.83. The number of ether oxygens (including phenoxy) is 2. The first kappa shape index (κ1) is 23.9. The average Bonchev–Trinajstić information content (AvgIpc) is 3.28. The highest BCUT2D eigenvalue weighted by atomic mass is 16.5. The van der Waals surface area contributed by atoms with Crippen molar-refractivity contribution in [3.05, 3.63) is 92.8 Å². The first-order chi connectivity index (χ1) is 17.5. The van der Waals surface area contributed by atoms with Gasteiger partial charge in [0, 0.05) is 42.3 Å². The van der Waals surface area contributed by atoms with E-state index in [9.17, 15) is 14.7 Å². The Labute approximate surface area is 208 Å². The maximum Gasteiger partial charge on any atom is 0.257 e. The van der Waals surface area contributed by atoms with Crippen LogP contribution in [0.4, 0.5) is 0 Å². The van der Waals surface area contributed by atoms with Crippen LogP contribution in [-0.2, 0) is 35.8 Å². The summed E-state index contributed by atoms with van der Waals surface area (Å²) in [4.78, 5) is 29.8. The summed E-state index contributed by atoms with van der Waals surface area (Å²) in [6, 6.07) is 17.5. The Morgan fingerprint density at radius 2 is 1.92 bits per heavy atom. The van der Waals surface area contributed by atoms with E-state index in [4.69, 9.17) is 14.5 Å². The molecule has 8 nitrogen and oxygen atoms in total. The van der Waals surface area contributed by atoms with Crippen molar-refractivity contribution in [2.45, 2.75) is 32.3 Å². The number of fused-ring (bicyclic) bond motifs is 4. The average molecular weight is 486 g/mol. The van der Waals surface area contributed by atoms with Gasteiger partial charge in [-0.05, 0) is 35.4 Å². The highest BCUT2D eigenvalue weighted by Crippen LogP contribution is 2.37. The maximum atomic E-state index is 13.5. The molecule has 184 valence electrons. The van der Waals surface area contributed by atoms with Crippen LogP contribution >= 0.6 is 0 Å². The van der Waals surface area contributed by atoms with E-state index in [0.29, 0.717) is 37.3 Å². The van der Waals surface area contributed by atoms with E-state index in [0.717, 1.165) is 27.8 Å². The van der Waals surface area contributed by atoms with Crippen molar-refractivity contribution in [3.63, 3.8) is 0 Å². The monoisotopic (exact) mass is 485 g/mol. The van der Waals surface area contributed by atoms with Crippen molar-refractivity contribution < 1.29 is 19.4 Å². The minimum Gasteiger partial charge on any atom is -0.497 e. The van der Waals surface area contributed by atoms with Gasteiger partial charge in [0.2, 0.25) is 0 Å². The van der Waals surface area contributed by atoms with E-state index >= 15 is 0 Å². The molecule has 5 rings (SSSR count). The van der Waals surface area contributed by atoms with Crippen LogP contribution in [0.15, 0.2) is 59.4 Å². The van der Waals surface area contributed by atoms with E-state index < -0.39 is 6.10 Å². The van der Waals surface area contributed by atoms with Gasteiger partial charge in [0.05, 0.1) is 37.2 Å². The molecular formula is C28H27N3O5. The van der Waals surface area contributed by atoms with Gasteiger partial charge in [0.25, 0.3) is 5.56 Å². The van der Waals surface area contributed by atoms with Gasteiger partial charge in [-0.1, -0.05) is 30.3 Å². The first-order valence-corrected chi connectivity index (χ1v) is 11.7. The van der Waals surface area contributed by atoms with Gasteiger partial charge >= 0.3 is 0 Å². The normalized spacial score (nSPS) is 12.9. The predicted octanol–water partition coefficient (Wildman–Crippen LogP) is 3.10. The largest absolute Gasteiger partial charge is 0.497 e. The number of carbonyl (C=O) groups is 1. The SMILES string of the molecule is COCc1c(C(O)C=O)cc2n(c1=O)Cc1c-2nc2ccc(OC)cc2c1CNCc1ccccc1. The zero-order valence-electron chi connectivity index (χ0n) is 20.2. The molecule has 0 amide bonds. The molecule has 0 spiro atoms. The van der Waals surface area contributed by atoms with Crippen LogP contribution in [0.5, 0.6) is 5.75 Å². The zero-order chi connectivity index (χ0) is 25.2. The number of methoxy groups -OCH3 is 2. The molecule has 0 bridgehead atoms. The van der Waals surface area contributed by atoms with Crippen LogP contribution in [0.1, 0.15) is 33.9 Å². The second-order valence-corrected chi connectivity index (χ2v) is 8.76. The van der Waals surface area contributed by atoms with E-state index in [2.05, 4.69) is 17.4 Å². The lowest BCUT2D eigenvalue weighted by molar-refractivity contribution is -0.115. The number of nitrogens with one attached hydrogen (secondary N) is 1. The number of aromatic nitrogens is 2. The number of rotatable bonds is 9. The summed E-state index contributed by atoms with van der Waals surface area (Å²) in [5.74, 6) is 0.722. The van der Waals surface area contributed by atoms with Crippen molar-refractivity contribution in [3.8, 4) is 17.1 Å². The van der Waals surface area contributed by atoms with Crippen molar-refractivity contribution in [2.75, 3.05) is 14.2 Å². The Kier molecular flexibility index (Phi) is 6.65. The summed E-state index contributed by atoms with van der Waals surface area (Å²) < 4.78 is 12.3. The Balaban J connectivity index is 1.65.